The molecule has 0 atom stereocenters. The first-order valence-electron chi connectivity index (χ1n) is 9.02. The largest absolute Gasteiger partial charge is 0.504 e. The number of phenols is 1. The standard InChI is InChI=1S/C24H19NO2/c1-27-23-11-10-16(15-22(23)26)14-20-19-8-4-5-9-21(19)25-13-12-17-6-2-3-7-18(17)24(20)25/h2-6,8-15,26H,7H2,1H3. The first-order chi connectivity index (χ1) is 13.3. The van der Waals surface area contributed by atoms with Crippen LogP contribution in [0.4, 0.5) is 0 Å². The lowest BCUT2D eigenvalue weighted by Gasteiger charge is -2.08. The zero-order valence-electron chi connectivity index (χ0n) is 15.0. The highest BCUT2D eigenvalue weighted by atomic mass is 16.5. The molecule has 1 N–H and O–H groups in total. The van der Waals surface area contributed by atoms with Crippen molar-refractivity contribution in [3.63, 3.8) is 0 Å². The van der Waals surface area contributed by atoms with Gasteiger partial charge in [-0.1, -0.05) is 42.5 Å². The number of pyridine rings is 1. The van der Waals surface area contributed by atoms with E-state index in [1.165, 1.54) is 32.4 Å². The van der Waals surface area contributed by atoms with Crippen LogP contribution < -0.4 is 15.2 Å². The minimum atomic E-state index is 0.150. The van der Waals surface area contributed by atoms with Crippen LogP contribution >= 0.6 is 0 Å². The molecule has 5 rings (SSSR count). The third-order valence-corrected chi connectivity index (χ3v) is 5.24. The SMILES string of the molecule is COc1ccc(C=c2c3ccccc3n3ccc4c(c23)CC=CC=4)cc1O. The van der Waals surface area contributed by atoms with Crippen molar-refractivity contribution >= 4 is 28.6 Å². The Bertz CT molecular complexity index is 1340. The number of para-hydroxylation sites is 1. The van der Waals surface area contributed by atoms with Gasteiger partial charge in [-0.15, -0.1) is 0 Å². The van der Waals surface area contributed by atoms with Gasteiger partial charge in [0, 0.05) is 16.8 Å². The number of rotatable bonds is 2. The second-order valence-corrected chi connectivity index (χ2v) is 6.77. The second-order valence-electron chi connectivity index (χ2n) is 6.77. The first-order valence-corrected chi connectivity index (χ1v) is 9.02. The molecule has 0 fully saturated rings. The highest BCUT2D eigenvalue weighted by molar-refractivity contribution is 5.91. The molecular weight excluding hydrogens is 334 g/mol. The van der Waals surface area contributed by atoms with Crippen molar-refractivity contribution in [2.24, 2.45) is 0 Å². The number of benzene rings is 2. The fourth-order valence-corrected chi connectivity index (χ4v) is 3.98. The van der Waals surface area contributed by atoms with Gasteiger partial charge in [0.05, 0.1) is 18.1 Å². The van der Waals surface area contributed by atoms with Gasteiger partial charge in [-0.05, 0) is 53.1 Å². The maximum Gasteiger partial charge on any atom is 0.160 e. The monoisotopic (exact) mass is 353 g/mol. The minimum absolute atomic E-state index is 0.150. The summed E-state index contributed by atoms with van der Waals surface area (Å²) in [6.45, 7) is 0. The van der Waals surface area contributed by atoms with Crippen LogP contribution in [0.25, 0.3) is 28.6 Å². The maximum absolute atomic E-state index is 10.2. The lowest BCUT2D eigenvalue weighted by atomic mass is 10.0. The van der Waals surface area contributed by atoms with Crippen molar-refractivity contribution < 1.29 is 9.84 Å². The summed E-state index contributed by atoms with van der Waals surface area (Å²) in [5, 5.41) is 13.8. The van der Waals surface area contributed by atoms with Gasteiger partial charge < -0.3 is 14.2 Å². The van der Waals surface area contributed by atoms with Crippen LogP contribution in [0.1, 0.15) is 11.1 Å². The third-order valence-electron chi connectivity index (χ3n) is 5.24. The molecule has 4 aromatic rings. The van der Waals surface area contributed by atoms with Gasteiger partial charge in [0.1, 0.15) is 0 Å². The lowest BCUT2D eigenvalue weighted by Crippen LogP contribution is -2.16. The molecule has 27 heavy (non-hydrogen) atoms. The quantitative estimate of drug-likeness (QED) is 0.598. The van der Waals surface area contributed by atoms with E-state index < -0.39 is 0 Å². The number of hydrogen-bond acceptors (Lipinski definition) is 2. The molecule has 0 unspecified atom stereocenters. The molecule has 0 bridgehead atoms. The third kappa shape index (κ3) is 2.43. The molecule has 0 aliphatic heterocycles. The van der Waals surface area contributed by atoms with Gasteiger partial charge in [-0.25, -0.2) is 0 Å². The summed E-state index contributed by atoms with van der Waals surface area (Å²) in [7, 11) is 1.56. The van der Waals surface area contributed by atoms with Crippen molar-refractivity contribution in [1.82, 2.24) is 4.40 Å². The molecular formula is C24H19NO2. The summed E-state index contributed by atoms with van der Waals surface area (Å²) < 4.78 is 7.44. The minimum Gasteiger partial charge on any atom is -0.504 e. The normalized spacial score (nSPS) is 13.7. The Labute approximate surface area is 156 Å². The van der Waals surface area contributed by atoms with Gasteiger partial charge in [0.15, 0.2) is 11.5 Å². The molecule has 0 radical (unpaired) electrons. The van der Waals surface area contributed by atoms with Crippen molar-refractivity contribution in [3.8, 4) is 11.5 Å². The zero-order chi connectivity index (χ0) is 18.4. The van der Waals surface area contributed by atoms with Crippen LogP contribution in [0.5, 0.6) is 11.5 Å². The molecule has 2 aromatic carbocycles. The van der Waals surface area contributed by atoms with Crippen molar-refractivity contribution in [2.75, 3.05) is 7.11 Å². The van der Waals surface area contributed by atoms with Gasteiger partial charge >= 0.3 is 0 Å². The van der Waals surface area contributed by atoms with Crippen molar-refractivity contribution in [2.45, 2.75) is 6.42 Å². The molecule has 1 aliphatic carbocycles. The molecule has 3 heteroatoms. The summed E-state index contributed by atoms with van der Waals surface area (Å²) in [6.07, 6.45) is 11.7. The summed E-state index contributed by atoms with van der Waals surface area (Å²) in [5.41, 5.74) is 4.69. The highest BCUT2D eigenvalue weighted by Gasteiger charge is 2.12. The van der Waals surface area contributed by atoms with E-state index in [-0.39, 0.29) is 5.75 Å². The Morgan fingerprint density at radius 2 is 2.00 bits per heavy atom. The molecule has 0 spiro atoms. The smallest absolute Gasteiger partial charge is 0.160 e. The molecule has 1 aliphatic rings. The number of hydrogen-bond donors (Lipinski definition) is 1. The number of aromatic nitrogens is 1. The summed E-state index contributed by atoms with van der Waals surface area (Å²) in [6, 6.07) is 16.2. The Morgan fingerprint density at radius 3 is 2.85 bits per heavy atom. The number of nitrogens with zero attached hydrogens (tertiary/aromatic N) is 1. The number of aromatic hydroxyl groups is 1. The molecule has 2 aromatic heterocycles. The van der Waals surface area contributed by atoms with E-state index in [2.05, 4.69) is 65.2 Å². The van der Waals surface area contributed by atoms with E-state index in [0.29, 0.717) is 5.75 Å². The summed E-state index contributed by atoms with van der Waals surface area (Å²) >= 11 is 0. The van der Waals surface area contributed by atoms with E-state index >= 15 is 0 Å². The average Bonchev–Trinajstić information content (AvgIpc) is 3.02. The van der Waals surface area contributed by atoms with Gasteiger partial charge in [-0.3, -0.25) is 0 Å². The van der Waals surface area contributed by atoms with Crippen LogP contribution in [0, 0.1) is 0 Å². The van der Waals surface area contributed by atoms with E-state index in [0.717, 1.165) is 12.0 Å². The van der Waals surface area contributed by atoms with Crippen LogP contribution in [-0.4, -0.2) is 16.6 Å². The number of phenolic OH excluding ortho intramolecular Hbond substituents is 1. The predicted octanol–water partition coefficient (Wildman–Crippen LogP) is 3.53. The molecule has 0 saturated heterocycles. The lowest BCUT2D eigenvalue weighted by molar-refractivity contribution is 0.373. The van der Waals surface area contributed by atoms with E-state index in [1.54, 1.807) is 19.2 Å². The van der Waals surface area contributed by atoms with Crippen molar-refractivity contribution in [1.29, 1.82) is 0 Å². The zero-order valence-corrected chi connectivity index (χ0v) is 15.0. The Kier molecular flexibility index (Phi) is 3.54. The predicted molar refractivity (Wildman–Crippen MR) is 110 cm³/mol. The van der Waals surface area contributed by atoms with Gasteiger partial charge in [0.2, 0.25) is 0 Å². The van der Waals surface area contributed by atoms with E-state index in [1.807, 2.05) is 6.07 Å². The van der Waals surface area contributed by atoms with Crippen molar-refractivity contribution in [3.05, 3.63) is 88.4 Å². The highest BCUT2D eigenvalue weighted by Crippen LogP contribution is 2.27. The fourth-order valence-electron chi connectivity index (χ4n) is 3.98. The number of fused-ring (bicyclic) bond motifs is 5. The van der Waals surface area contributed by atoms with E-state index in [9.17, 15) is 5.11 Å². The second kappa shape index (κ2) is 6.06. The van der Waals surface area contributed by atoms with Crippen LogP contribution in [0.15, 0.2) is 66.9 Å². The van der Waals surface area contributed by atoms with Crippen LogP contribution in [0.3, 0.4) is 0 Å². The fraction of sp³-hybridized carbons (Fsp3) is 0.0833. The van der Waals surface area contributed by atoms with Crippen LogP contribution in [-0.2, 0) is 6.42 Å². The average molecular weight is 353 g/mol. The maximum atomic E-state index is 10.2. The molecule has 0 saturated carbocycles. The topological polar surface area (TPSA) is 33.9 Å². The molecule has 0 amide bonds. The van der Waals surface area contributed by atoms with Gasteiger partial charge in [-0.2, -0.15) is 0 Å². The number of allylic oxidation sites excluding steroid dienone is 2. The summed E-state index contributed by atoms with van der Waals surface area (Å²) in [5.74, 6) is 0.633. The number of ether oxygens (including phenoxy) is 1. The Hall–Kier alpha value is -3.46. The summed E-state index contributed by atoms with van der Waals surface area (Å²) in [4.78, 5) is 0. The van der Waals surface area contributed by atoms with Gasteiger partial charge in [0.25, 0.3) is 0 Å². The number of methoxy groups -OCH3 is 1. The van der Waals surface area contributed by atoms with Crippen LogP contribution in [0.2, 0.25) is 0 Å². The first kappa shape index (κ1) is 15.8. The van der Waals surface area contributed by atoms with E-state index in [4.69, 9.17) is 4.74 Å². The molecule has 3 nitrogen and oxygen atoms in total. The molecule has 2 heterocycles. The molecule has 132 valence electrons. The Morgan fingerprint density at radius 1 is 1.11 bits per heavy atom. The Balaban J connectivity index is 1.91.